The molecule has 0 bridgehead atoms. The van der Waals surface area contributed by atoms with Crippen LogP contribution in [0.2, 0.25) is 0 Å². The highest BCUT2D eigenvalue weighted by atomic mass is 32.2. The van der Waals surface area contributed by atoms with E-state index in [1.165, 1.54) is 11.8 Å². The van der Waals surface area contributed by atoms with Crippen molar-refractivity contribution in [2.75, 3.05) is 12.0 Å². The molecule has 0 aromatic carbocycles. The number of carboxylic acids is 2. The van der Waals surface area contributed by atoms with E-state index in [1.54, 1.807) is 20.1 Å². The van der Waals surface area contributed by atoms with E-state index in [9.17, 15) is 28.8 Å². The number of hydrogen-bond acceptors (Lipinski definition) is 8. The summed E-state index contributed by atoms with van der Waals surface area (Å²) < 4.78 is 0. The second kappa shape index (κ2) is 15.1. The summed E-state index contributed by atoms with van der Waals surface area (Å²) in [6.07, 6.45) is 0.548. The number of primary amides is 1. The Morgan fingerprint density at radius 2 is 1.33 bits per heavy atom. The lowest BCUT2D eigenvalue weighted by atomic mass is 10.0. The molecule has 0 aliphatic rings. The van der Waals surface area contributed by atoms with Gasteiger partial charge in [0.2, 0.25) is 23.6 Å². The van der Waals surface area contributed by atoms with E-state index >= 15 is 0 Å². The fourth-order valence-electron chi connectivity index (χ4n) is 2.55. The van der Waals surface area contributed by atoms with Crippen molar-refractivity contribution in [1.82, 2.24) is 16.0 Å². The van der Waals surface area contributed by atoms with Gasteiger partial charge in [0.05, 0.1) is 12.5 Å². The molecule has 0 fully saturated rings. The summed E-state index contributed by atoms with van der Waals surface area (Å²) in [6, 6.07) is -5.06. The van der Waals surface area contributed by atoms with Crippen molar-refractivity contribution < 1.29 is 39.0 Å². The van der Waals surface area contributed by atoms with E-state index in [-0.39, 0.29) is 25.2 Å². The Balaban J connectivity index is 5.56. The van der Waals surface area contributed by atoms with Crippen LogP contribution in [0.1, 0.15) is 39.5 Å². The summed E-state index contributed by atoms with van der Waals surface area (Å²) in [4.78, 5) is 71.1. The smallest absolute Gasteiger partial charge is 0.326 e. The Labute approximate surface area is 195 Å². The lowest BCUT2D eigenvalue weighted by Gasteiger charge is -2.25. The summed E-state index contributed by atoms with van der Waals surface area (Å²) >= 11 is 1.42. The zero-order valence-corrected chi connectivity index (χ0v) is 19.6. The predicted octanol–water partition coefficient (Wildman–Crippen LogP) is -2.00. The third kappa shape index (κ3) is 12.1. The summed E-state index contributed by atoms with van der Waals surface area (Å²) in [6.45, 7) is 3.48. The predicted molar refractivity (Wildman–Crippen MR) is 120 cm³/mol. The molecule has 0 heterocycles. The minimum absolute atomic E-state index is 0.189. The van der Waals surface area contributed by atoms with Gasteiger partial charge in [-0.25, -0.2) is 4.79 Å². The number of rotatable bonds is 16. The molecule has 0 aliphatic carbocycles. The van der Waals surface area contributed by atoms with Crippen LogP contribution >= 0.6 is 11.8 Å². The fraction of sp³-hybridized carbons (Fsp3) is 0.684. The molecule has 0 aromatic rings. The molecule has 13 nitrogen and oxygen atoms in total. The highest BCUT2D eigenvalue weighted by Crippen LogP contribution is 2.07. The summed E-state index contributed by atoms with van der Waals surface area (Å²) in [7, 11) is 0. The Morgan fingerprint density at radius 1 is 0.848 bits per heavy atom. The van der Waals surface area contributed by atoms with Crippen molar-refractivity contribution in [3.8, 4) is 0 Å². The van der Waals surface area contributed by atoms with E-state index in [0.29, 0.717) is 5.75 Å². The molecule has 9 N–H and O–H groups in total. The second-order valence-corrected chi connectivity index (χ2v) is 8.66. The minimum atomic E-state index is -1.75. The molecule has 4 amide bonds. The van der Waals surface area contributed by atoms with Crippen LogP contribution in [0.25, 0.3) is 0 Å². The van der Waals surface area contributed by atoms with Gasteiger partial charge in [0.1, 0.15) is 18.1 Å². The molecule has 0 aliphatic heterocycles. The first-order valence-electron chi connectivity index (χ1n) is 10.2. The van der Waals surface area contributed by atoms with E-state index in [0.717, 1.165) is 0 Å². The Hall–Kier alpha value is -2.87. The highest BCUT2D eigenvalue weighted by molar-refractivity contribution is 7.98. The summed E-state index contributed by atoms with van der Waals surface area (Å²) in [5.41, 5.74) is 10.9. The van der Waals surface area contributed by atoms with Gasteiger partial charge in [-0.1, -0.05) is 13.8 Å². The molecule has 0 saturated carbocycles. The molecule has 0 saturated heterocycles. The van der Waals surface area contributed by atoms with Crippen LogP contribution in [-0.2, 0) is 28.8 Å². The van der Waals surface area contributed by atoms with Crippen LogP contribution in [0, 0.1) is 5.92 Å². The standard InChI is InChI=1S/C19H33N5O8S/c1-9(2)15(21)18(30)23-11(6-7-33-3)17(29)22-10(4-5-13(20)25)16(28)24-12(19(31)32)8-14(26)27/h9-12,15H,4-8,21H2,1-3H3,(H2,20,25)(H,22,29)(H,23,30)(H,24,28)(H,26,27)(H,31,32). The van der Waals surface area contributed by atoms with E-state index in [1.807, 2.05) is 5.32 Å². The molecular formula is C19H33N5O8S. The molecule has 4 atom stereocenters. The molecule has 33 heavy (non-hydrogen) atoms. The minimum Gasteiger partial charge on any atom is -0.481 e. The largest absolute Gasteiger partial charge is 0.481 e. The number of nitrogens with one attached hydrogen (secondary N) is 3. The van der Waals surface area contributed by atoms with E-state index < -0.39 is 66.2 Å². The van der Waals surface area contributed by atoms with Crippen molar-refractivity contribution >= 4 is 47.3 Å². The monoisotopic (exact) mass is 491 g/mol. The van der Waals surface area contributed by atoms with Crippen LogP contribution in [-0.4, -0.2) is 82.0 Å². The maximum atomic E-state index is 12.9. The third-order valence-electron chi connectivity index (χ3n) is 4.57. The number of thioether (sulfide) groups is 1. The first-order valence-corrected chi connectivity index (χ1v) is 11.6. The Kier molecular flexibility index (Phi) is 13.7. The van der Waals surface area contributed by atoms with Crippen molar-refractivity contribution in [3.05, 3.63) is 0 Å². The summed E-state index contributed by atoms with van der Waals surface area (Å²) in [5.74, 6) is -5.82. The Bertz CT molecular complexity index is 733. The topological polar surface area (TPSA) is 231 Å². The van der Waals surface area contributed by atoms with Crippen LogP contribution in [0.15, 0.2) is 0 Å². The van der Waals surface area contributed by atoms with E-state index in [4.69, 9.17) is 21.7 Å². The molecule has 0 rings (SSSR count). The van der Waals surface area contributed by atoms with Crippen LogP contribution in [0.4, 0.5) is 0 Å². The van der Waals surface area contributed by atoms with Gasteiger partial charge >= 0.3 is 11.9 Å². The van der Waals surface area contributed by atoms with Gasteiger partial charge < -0.3 is 37.6 Å². The number of nitrogens with two attached hydrogens (primary N) is 2. The third-order valence-corrected chi connectivity index (χ3v) is 5.21. The van der Waals surface area contributed by atoms with Gasteiger partial charge in [0, 0.05) is 6.42 Å². The maximum Gasteiger partial charge on any atom is 0.326 e. The number of carboxylic acid groups (broad SMARTS) is 2. The van der Waals surface area contributed by atoms with Crippen LogP contribution < -0.4 is 27.4 Å². The van der Waals surface area contributed by atoms with Crippen molar-refractivity contribution in [2.45, 2.75) is 63.7 Å². The van der Waals surface area contributed by atoms with E-state index in [2.05, 4.69) is 10.6 Å². The van der Waals surface area contributed by atoms with Gasteiger partial charge in [0.15, 0.2) is 0 Å². The van der Waals surface area contributed by atoms with Gasteiger partial charge in [-0.15, -0.1) is 0 Å². The molecule has 188 valence electrons. The molecule has 0 radical (unpaired) electrons. The molecule has 0 spiro atoms. The van der Waals surface area contributed by atoms with Crippen molar-refractivity contribution in [3.63, 3.8) is 0 Å². The molecule has 4 unspecified atom stereocenters. The normalized spacial score (nSPS) is 14.5. The fourth-order valence-corrected chi connectivity index (χ4v) is 3.02. The molecular weight excluding hydrogens is 458 g/mol. The average Bonchev–Trinajstić information content (AvgIpc) is 2.71. The molecule has 0 aromatic heterocycles. The average molecular weight is 492 g/mol. The SMILES string of the molecule is CSCCC(NC(=O)C(N)C(C)C)C(=O)NC(CCC(N)=O)C(=O)NC(CC(=O)O)C(=O)O. The van der Waals surface area contributed by atoms with Crippen molar-refractivity contribution in [1.29, 1.82) is 0 Å². The lowest BCUT2D eigenvalue weighted by Crippen LogP contribution is -2.57. The first-order chi connectivity index (χ1) is 15.3. The second-order valence-electron chi connectivity index (χ2n) is 7.68. The highest BCUT2D eigenvalue weighted by Gasteiger charge is 2.31. The van der Waals surface area contributed by atoms with Gasteiger partial charge in [-0.05, 0) is 30.8 Å². The Morgan fingerprint density at radius 3 is 1.76 bits per heavy atom. The van der Waals surface area contributed by atoms with Crippen LogP contribution in [0.3, 0.4) is 0 Å². The number of carbonyl (C=O) groups excluding carboxylic acids is 4. The number of carbonyl (C=O) groups is 6. The molecule has 14 heteroatoms. The lowest BCUT2D eigenvalue weighted by molar-refractivity contribution is -0.147. The van der Waals surface area contributed by atoms with Crippen LogP contribution in [0.5, 0.6) is 0 Å². The number of hydrogen-bond donors (Lipinski definition) is 7. The number of amides is 4. The number of aliphatic carboxylic acids is 2. The zero-order chi connectivity index (χ0) is 25.7. The maximum absolute atomic E-state index is 12.9. The van der Waals surface area contributed by atoms with Crippen molar-refractivity contribution in [2.24, 2.45) is 17.4 Å². The first kappa shape index (κ1) is 30.1. The zero-order valence-electron chi connectivity index (χ0n) is 18.8. The van der Waals surface area contributed by atoms with Gasteiger partial charge in [-0.3, -0.25) is 24.0 Å². The van der Waals surface area contributed by atoms with Gasteiger partial charge in [0.25, 0.3) is 0 Å². The quantitative estimate of drug-likeness (QED) is 0.125. The summed E-state index contributed by atoms with van der Waals surface area (Å²) in [5, 5.41) is 24.9. The van der Waals surface area contributed by atoms with Gasteiger partial charge in [-0.2, -0.15) is 11.8 Å².